The lowest BCUT2D eigenvalue weighted by atomic mass is 9.67. The third-order valence-electron chi connectivity index (χ3n) is 5.86. The first-order chi connectivity index (χ1) is 11.8. The van der Waals surface area contributed by atoms with Crippen LogP contribution in [-0.2, 0) is 9.53 Å². The van der Waals surface area contributed by atoms with E-state index in [1.165, 1.54) is 6.42 Å². The normalized spacial score (nSPS) is 27.7. The number of nitrogens with zero attached hydrogens (tertiary/aromatic N) is 2. The SMILES string of the molecule is Cl.Cl.O=C(Nc1ccc(N2CCOCC2)cn1)[C@@]12CCCC[C@H]1CNC2. The van der Waals surface area contributed by atoms with Gasteiger partial charge in [0.25, 0.3) is 0 Å². The van der Waals surface area contributed by atoms with Crippen molar-refractivity contribution >= 4 is 42.2 Å². The summed E-state index contributed by atoms with van der Waals surface area (Å²) >= 11 is 0. The Morgan fingerprint density at radius 3 is 2.81 bits per heavy atom. The second kappa shape index (κ2) is 9.22. The summed E-state index contributed by atoms with van der Waals surface area (Å²) in [6.45, 7) is 5.07. The van der Waals surface area contributed by atoms with E-state index >= 15 is 0 Å². The summed E-state index contributed by atoms with van der Waals surface area (Å²) in [5.41, 5.74) is 0.857. The molecule has 26 heavy (non-hydrogen) atoms. The number of rotatable bonds is 3. The van der Waals surface area contributed by atoms with E-state index in [1.54, 1.807) is 0 Å². The maximum absolute atomic E-state index is 12.9. The molecule has 4 rings (SSSR count). The minimum Gasteiger partial charge on any atom is -0.378 e. The van der Waals surface area contributed by atoms with Crippen molar-refractivity contribution in [1.82, 2.24) is 10.3 Å². The van der Waals surface area contributed by atoms with Crippen LogP contribution >= 0.6 is 24.8 Å². The molecule has 0 bridgehead atoms. The molecule has 1 saturated carbocycles. The summed E-state index contributed by atoms with van der Waals surface area (Å²) in [4.78, 5) is 19.7. The lowest BCUT2D eigenvalue weighted by Gasteiger charge is -2.37. The summed E-state index contributed by atoms with van der Waals surface area (Å²) in [6, 6.07) is 3.95. The largest absolute Gasteiger partial charge is 0.378 e. The number of nitrogens with one attached hydrogen (secondary N) is 2. The summed E-state index contributed by atoms with van der Waals surface area (Å²) in [6.07, 6.45) is 6.39. The van der Waals surface area contributed by atoms with Crippen LogP contribution in [0.4, 0.5) is 11.5 Å². The van der Waals surface area contributed by atoms with Crippen LogP contribution in [0.2, 0.25) is 0 Å². The van der Waals surface area contributed by atoms with Crippen LogP contribution in [0.25, 0.3) is 0 Å². The van der Waals surface area contributed by atoms with Crippen molar-refractivity contribution in [3.63, 3.8) is 0 Å². The number of hydrogen-bond donors (Lipinski definition) is 2. The zero-order chi connectivity index (χ0) is 16.4. The predicted octanol–water partition coefficient (Wildman–Crippen LogP) is 2.48. The van der Waals surface area contributed by atoms with Gasteiger partial charge in [0.2, 0.25) is 5.91 Å². The zero-order valence-electron chi connectivity index (χ0n) is 14.9. The molecule has 2 saturated heterocycles. The summed E-state index contributed by atoms with van der Waals surface area (Å²) in [5, 5.41) is 6.49. The maximum Gasteiger partial charge on any atom is 0.233 e. The Bertz CT molecular complexity index is 595. The molecule has 3 fully saturated rings. The van der Waals surface area contributed by atoms with Gasteiger partial charge in [-0.15, -0.1) is 24.8 Å². The van der Waals surface area contributed by atoms with Gasteiger partial charge in [-0.1, -0.05) is 12.8 Å². The third-order valence-corrected chi connectivity index (χ3v) is 5.86. The Kier molecular flexibility index (Phi) is 7.52. The van der Waals surface area contributed by atoms with Crippen molar-refractivity contribution < 1.29 is 9.53 Å². The molecule has 1 amide bonds. The van der Waals surface area contributed by atoms with Gasteiger partial charge in [0.05, 0.1) is 30.5 Å². The van der Waals surface area contributed by atoms with Gasteiger partial charge in [-0.2, -0.15) is 0 Å². The molecule has 8 heteroatoms. The van der Waals surface area contributed by atoms with Crippen LogP contribution in [-0.4, -0.2) is 50.3 Å². The molecule has 0 radical (unpaired) electrons. The number of morpholine rings is 1. The molecule has 2 atom stereocenters. The quantitative estimate of drug-likeness (QED) is 0.812. The van der Waals surface area contributed by atoms with E-state index in [-0.39, 0.29) is 36.1 Å². The topological polar surface area (TPSA) is 66.5 Å². The maximum atomic E-state index is 12.9. The number of anilines is 2. The summed E-state index contributed by atoms with van der Waals surface area (Å²) < 4.78 is 5.38. The first kappa shape index (κ1) is 21.2. The van der Waals surface area contributed by atoms with E-state index < -0.39 is 0 Å². The molecule has 146 valence electrons. The Morgan fingerprint density at radius 1 is 1.27 bits per heavy atom. The zero-order valence-corrected chi connectivity index (χ0v) is 16.5. The highest BCUT2D eigenvalue weighted by Gasteiger charge is 2.49. The molecule has 2 aliphatic heterocycles. The average Bonchev–Trinajstić information content (AvgIpc) is 3.08. The molecule has 0 unspecified atom stereocenters. The van der Waals surface area contributed by atoms with Crippen LogP contribution in [0.15, 0.2) is 18.3 Å². The third kappa shape index (κ3) is 4.09. The first-order valence-corrected chi connectivity index (χ1v) is 9.09. The minimum absolute atomic E-state index is 0. The van der Waals surface area contributed by atoms with Gasteiger partial charge >= 0.3 is 0 Å². The van der Waals surface area contributed by atoms with E-state index in [2.05, 4.69) is 20.5 Å². The van der Waals surface area contributed by atoms with E-state index in [1.807, 2.05) is 18.3 Å². The lowest BCUT2D eigenvalue weighted by Crippen LogP contribution is -2.44. The number of carbonyl (C=O) groups is 1. The van der Waals surface area contributed by atoms with E-state index in [9.17, 15) is 4.79 Å². The van der Waals surface area contributed by atoms with Crippen molar-refractivity contribution in [3.8, 4) is 0 Å². The number of ether oxygens (including phenoxy) is 1. The summed E-state index contributed by atoms with van der Waals surface area (Å²) in [5.74, 6) is 1.27. The van der Waals surface area contributed by atoms with Gasteiger partial charge in [-0.05, 0) is 37.4 Å². The van der Waals surface area contributed by atoms with E-state index in [4.69, 9.17) is 4.74 Å². The standard InChI is InChI=1S/C18H26N4O2.2ClH/c23-17(18-6-2-1-3-14(18)11-19-13-18)21-16-5-4-15(12-20-16)22-7-9-24-10-8-22;;/h4-5,12,14,19H,1-3,6-11,13H2,(H,20,21,23);2*1H/t14-,18+;;/m0../s1. The van der Waals surface area contributed by atoms with Crippen LogP contribution in [0.3, 0.4) is 0 Å². The van der Waals surface area contributed by atoms with Crippen molar-refractivity contribution in [2.24, 2.45) is 11.3 Å². The van der Waals surface area contributed by atoms with Gasteiger partial charge in [-0.3, -0.25) is 4.79 Å². The Hall–Kier alpha value is -1.08. The van der Waals surface area contributed by atoms with Crippen molar-refractivity contribution in [3.05, 3.63) is 18.3 Å². The fraction of sp³-hybridized carbons (Fsp3) is 0.667. The predicted molar refractivity (Wildman–Crippen MR) is 108 cm³/mol. The van der Waals surface area contributed by atoms with Crippen LogP contribution in [0, 0.1) is 11.3 Å². The van der Waals surface area contributed by atoms with Crippen LogP contribution in [0.1, 0.15) is 25.7 Å². The molecule has 3 aliphatic rings. The molecule has 2 N–H and O–H groups in total. The number of pyridine rings is 1. The number of hydrogen-bond acceptors (Lipinski definition) is 5. The highest BCUT2D eigenvalue weighted by molar-refractivity contribution is 5.95. The molecule has 1 aromatic heterocycles. The molecule has 1 aliphatic carbocycles. The van der Waals surface area contributed by atoms with E-state index in [0.717, 1.165) is 64.3 Å². The Labute approximate surface area is 167 Å². The fourth-order valence-electron chi connectivity index (χ4n) is 4.40. The van der Waals surface area contributed by atoms with Crippen LogP contribution in [0.5, 0.6) is 0 Å². The van der Waals surface area contributed by atoms with Crippen LogP contribution < -0.4 is 15.5 Å². The molecule has 0 aromatic carbocycles. The van der Waals surface area contributed by atoms with E-state index in [0.29, 0.717) is 11.7 Å². The lowest BCUT2D eigenvalue weighted by molar-refractivity contribution is -0.128. The molecule has 0 spiro atoms. The number of aromatic nitrogens is 1. The molecule has 1 aromatic rings. The van der Waals surface area contributed by atoms with Gasteiger partial charge < -0.3 is 20.3 Å². The highest BCUT2D eigenvalue weighted by Crippen LogP contribution is 2.44. The first-order valence-electron chi connectivity index (χ1n) is 9.09. The van der Waals surface area contributed by atoms with Crippen molar-refractivity contribution in [2.75, 3.05) is 49.6 Å². The summed E-state index contributed by atoms with van der Waals surface area (Å²) in [7, 11) is 0. The average molecular weight is 403 g/mol. The fourth-order valence-corrected chi connectivity index (χ4v) is 4.40. The van der Waals surface area contributed by atoms with Crippen molar-refractivity contribution in [1.29, 1.82) is 0 Å². The second-order valence-electron chi connectivity index (χ2n) is 7.18. The molecule has 6 nitrogen and oxygen atoms in total. The van der Waals surface area contributed by atoms with Gasteiger partial charge in [-0.25, -0.2) is 4.98 Å². The van der Waals surface area contributed by atoms with Gasteiger partial charge in [0, 0.05) is 19.6 Å². The number of halogens is 2. The monoisotopic (exact) mass is 402 g/mol. The number of carbonyl (C=O) groups excluding carboxylic acids is 1. The Morgan fingerprint density at radius 2 is 2.08 bits per heavy atom. The minimum atomic E-state index is -0.233. The highest BCUT2D eigenvalue weighted by atomic mass is 35.5. The Balaban J connectivity index is 0.00000121. The van der Waals surface area contributed by atoms with Gasteiger partial charge in [0.1, 0.15) is 5.82 Å². The molecular weight excluding hydrogens is 375 g/mol. The number of amides is 1. The van der Waals surface area contributed by atoms with Crippen molar-refractivity contribution in [2.45, 2.75) is 25.7 Å². The molecular formula is C18H28Cl2N4O2. The van der Waals surface area contributed by atoms with Gasteiger partial charge in [0.15, 0.2) is 0 Å². The second-order valence-corrected chi connectivity index (χ2v) is 7.18. The molecule has 3 heterocycles. The smallest absolute Gasteiger partial charge is 0.233 e. The number of fused-ring (bicyclic) bond motifs is 1.